The highest BCUT2D eigenvalue weighted by Gasteiger charge is 2.32. The van der Waals surface area contributed by atoms with Gasteiger partial charge in [0.15, 0.2) is 0 Å². The minimum atomic E-state index is 0.159. The Morgan fingerprint density at radius 2 is 2.05 bits per heavy atom. The zero-order valence-electron chi connectivity index (χ0n) is 13.2. The van der Waals surface area contributed by atoms with E-state index in [-0.39, 0.29) is 11.3 Å². The molecular weight excluding hydrogens is 270 g/mol. The highest BCUT2D eigenvalue weighted by Crippen LogP contribution is 2.34. The van der Waals surface area contributed by atoms with Crippen LogP contribution in [0.15, 0.2) is 55.1 Å². The zero-order valence-corrected chi connectivity index (χ0v) is 13.2. The monoisotopic (exact) mass is 293 g/mol. The van der Waals surface area contributed by atoms with Crippen LogP contribution in [0.4, 0.5) is 0 Å². The number of rotatable bonds is 3. The number of likely N-dealkylation sites (tertiary alicyclic amines) is 1. The van der Waals surface area contributed by atoms with E-state index in [9.17, 15) is 4.79 Å². The van der Waals surface area contributed by atoms with Gasteiger partial charge in [-0.1, -0.05) is 49.4 Å². The minimum absolute atomic E-state index is 0.159. The molecule has 0 spiro atoms. The number of carbonyl (C=O) groups excluding carboxylic acids is 1. The van der Waals surface area contributed by atoms with Crippen molar-refractivity contribution in [2.75, 3.05) is 13.1 Å². The number of amides is 1. The van der Waals surface area contributed by atoms with Crippen LogP contribution in [0.25, 0.3) is 10.8 Å². The van der Waals surface area contributed by atoms with Gasteiger partial charge in [-0.3, -0.25) is 4.79 Å². The normalized spacial score (nSPS) is 21.8. The number of piperidine rings is 1. The summed E-state index contributed by atoms with van der Waals surface area (Å²) in [7, 11) is 0. The quantitative estimate of drug-likeness (QED) is 0.754. The molecule has 2 heteroatoms. The lowest BCUT2D eigenvalue weighted by Gasteiger charge is -2.40. The van der Waals surface area contributed by atoms with E-state index in [1.807, 2.05) is 41.3 Å². The zero-order chi connectivity index (χ0) is 15.6. The summed E-state index contributed by atoms with van der Waals surface area (Å²) in [5.74, 6) is 0.159. The first-order valence-electron chi connectivity index (χ1n) is 8.01. The summed E-state index contributed by atoms with van der Waals surface area (Å²) >= 11 is 0. The summed E-state index contributed by atoms with van der Waals surface area (Å²) in [6.45, 7) is 7.80. The summed E-state index contributed by atoms with van der Waals surface area (Å²) in [4.78, 5) is 15.0. The topological polar surface area (TPSA) is 20.3 Å². The molecule has 1 amide bonds. The second kappa shape index (κ2) is 5.96. The molecule has 1 aliphatic rings. The van der Waals surface area contributed by atoms with Crippen LogP contribution in [0, 0.1) is 5.41 Å². The van der Waals surface area contributed by atoms with E-state index in [1.165, 1.54) is 6.42 Å². The SMILES string of the molecule is C=CCC1(C)CCCN(C(=O)c2cccc3ccccc23)C1. The molecule has 0 N–H and O–H groups in total. The van der Waals surface area contributed by atoms with Gasteiger partial charge in [0.25, 0.3) is 5.91 Å². The maximum absolute atomic E-state index is 13.0. The molecule has 1 heterocycles. The second-order valence-electron chi connectivity index (χ2n) is 6.66. The van der Waals surface area contributed by atoms with Crippen LogP contribution in [-0.4, -0.2) is 23.9 Å². The lowest BCUT2D eigenvalue weighted by molar-refractivity contribution is 0.0558. The maximum Gasteiger partial charge on any atom is 0.254 e. The van der Waals surface area contributed by atoms with E-state index >= 15 is 0 Å². The van der Waals surface area contributed by atoms with Gasteiger partial charge < -0.3 is 4.90 Å². The Labute approximate surface area is 132 Å². The third-order valence-electron chi connectivity index (χ3n) is 4.73. The van der Waals surface area contributed by atoms with Gasteiger partial charge >= 0.3 is 0 Å². The van der Waals surface area contributed by atoms with Crippen LogP contribution < -0.4 is 0 Å². The minimum Gasteiger partial charge on any atom is -0.338 e. The van der Waals surface area contributed by atoms with Crippen LogP contribution in [0.3, 0.4) is 0 Å². The van der Waals surface area contributed by atoms with Gasteiger partial charge in [-0.05, 0) is 41.5 Å². The molecule has 1 fully saturated rings. The van der Waals surface area contributed by atoms with E-state index < -0.39 is 0 Å². The number of fused-ring (bicyclic) bond motifs is 1. The Morgan fingerprint density at radius 1 is 1.27 bits per heavy atom. The average molecular weight is 293 g/mol. The number of nitrogens with zero attached hydrogens (tertiary/aromatic N) is 1. The van der Waals surface area contributed by atoms with Gasteiger partial charge in [-0.15, -0.1) is 6.58 Å². The van der Waals surface area contributed by atoms with Gasteiger partial charge in [-0.2, -0.15) is 0 Å². The lowest BCUT2D eigenvalue weighted by atomic mass is 9.79. The number of hydrogen-bond acceptors (Lipinski definition) is 1. The van der Waals surface area contributed by atoms with Crippen molar-refractivity contribution in [2.45, 2.75) is 26.2 Å². The first kappa shape index (κ1) is 14.8. The fraction of sp³-hybridized carbons (Fsp3) is 0.350. The van der Waals surface area contributed by atoms with Gasteiger partial charge in [0.05, 0.1) is 0 Å². The van der Waals surface area contributed by atoms with Crippen LogP contribution in [-0.2, 0) is 0 Å². The molecule has 0 aromatic heterocycles. The molecule has 1 aliphatic heterocycles. The Morgan fingerprint density at radius 3 is 2.86 bits per heavy atom. The van der Waals surface area contributed by atoms with Gasteiger partial charge in [0, 0.05) is 18.7 Å². The van der Waals surface area contributed by atoms with Crippen molar-refractivity contribution in [3.8, 4) is 0 Å². The third-order valence-corrected chi connectivity index (χ3v) is 4.73. The number of carbonyl (C=O) groups is 1. The van der Waals surface area contributed by atoms with Crippen LogP contribution in [0.1, 0.15) is 36.5 Å². The Hall–Kier alpha value is -2.09. The second-order valence-corrected chi connectivity index (χ2v) is 6.66. The molecule has 2 nitrogen and oxygen atoms in total. The van der Waals surface area contributed by atoms with Gasteiger partial charge in [0.1, 0.15) is 0 Å². The summed E-state index contributed by atoms with van der Waals surface area (Å²) in [6, 6.07) is 14.1. The predicted molar refractivity (Wildman–Crippen MR) is 92.0 cm³/mol. The molecule has 1 unspecified atom stereocenters. The molecule has 0 radical (unpaired) electrons. The van der Waals surface area contributed by atoms with E-state index in [4.69, 9.17) is 0 Å². The summed E-state index contributed by atoms with van der Waals surface area (Å²) in [5, 5.41) is 2.17. The molecule has 114 valence electrons. The van der Waals surface area contributed by atoms with Crippen molar-refractivity contribution in [1.29, 1.82) is 0 Å². The molecule has 0 saturated carbocycles. The standard InChI is InChI=1S/C20H23NO/c1-3-12-20(2)13-7-14-21(15-20)19(22)18-11-6-9-16-8-4-5-10-17(16)18/h3-6,8-11H,1,7,12-15H2,2H3. The lowest BCUT2D eigenvalue weighted by Crippen LogP contribution is -2.44. The first-order chi connectivity index (χ1) is 10.6. The molecule has 0 aliphatic carbocycles. The van der Waals surface area contributed by atoms with Crippen molar-refractivity contribution in [2.24, 2.45) is 5.41 Å². The predicted octanol–water partition coefficient (Wildman–Crippen LogP) is 4.66. The average Bonchev–Trinajstić information content (AvgIpc) is 2.53. The summed E-state index contributed by atoms with van der Waals surface area (Å²) < 4.78 is 0. The Balaban J connectivity index is 1.91. The third kappa shape index (κ3) is 2.78. The van der Waals surface area contributed by atoms with Crippen LogP contribution >= 0.6 is 0 Å². The molecular formula is C20H23NO. The van der Waals surface area contributed by atoms with Crippen LogP contribution in [0.2, 0.25) is 0 Å². The molecule has 22 heavy (non-hydrogen) atoms. The molecule has 0 bridgehead atoms. The van der Waals surface area contributed by atoms with Crippen molar-refractivity contribution in [1.82, 2.24) is 4.90 Å². The van der Waals surface area contributed by atoms with Crippen molar-refractivity contribution >= 4 is 16.7 Å². The van der Waals surface area contributed by atoms with E-state index in [2.05, 4.69) is 25.6 Å². The largest absolute Gasteiger partial charge is 0.338 e. The maximum atomic E-state index is 13.0. The smallest absolute Gasteiger partial charge is 0.254 e. The van der Waals surface area contributed by atoms with Crippen LogP contribution in [0.5, 0.6) is 0 Å². The van der Waals surface area contributed by atoms with Crippen molar-refractivity contribution in [3.63, 3.8) is 0 Å². The fourth-order valence-corrected chi connectivity index (χ4v) is 3.59. The van der Waals surface area contributed by atoms with E-state index in [0.717, 1.165) is 42.3 Å². The van der Waals surface area contributed by atoms with Gasteiger partial charge in [0.2, 0.25) is 0 Å². The molecule has 2 aromatic carbocycles. The number of benzene rings is 2. The molecule has 2 aromatic rings. The highest BCUT2D eigenvalue weighted by molar-refractivity contribution is 6.07. The summed E-state index contributed by atoms with van der Waals surface area (Å²) in [5.41, 5.74) is 0.987. The number of allylic oxidation sites excluding steroid dienone is 1. The van der Waals surface area contributed by atoms with E-state index in [1.54, 1.807) is 0 Å². The molecule has 1 saturated heterocycles. The first-order valence-corrected chi connectivity index (χ1v) is 8.01. The van der Waals surface area contributed by atoms with Crippen molar-refractivity contribution in [3.05, 3.63) is 60.7 Å². The molecule has 1 atom stereocenters. The number of hydrogen-bond donors (Lipinski definition) is 0. The van der Waals surface area contributed by atoms with Crippen molar-refractivity contribution < 1.29 is 4.79 Å². The fourth-order valence-electron chi connectivity index (χ4n) is 3.59. The summed E-state index contributed by atoms with van der Waals surface area (Å²) in [6.07, 6.45) is 5.18. The van der Waals surface area contributed by atoms with E-state index in [0.29, 0.717) is 0 Å². The molecule has 3 rings (SSSR count). The Kier molecular flexibility index (Phi) is 4.02. The van der Waals surface area contributed by atoms with Gasteiger partial charge in [-0.25, -0.2) is 0 Å². The highest BCUT2D eigenvalue weighted by atomic mass is 16.2. The Bertz CT molecular complexity index is 700.